The van der Waals surface area contributed by atoms with Gasteiger partial charge in [-0.3, -0.25) is 0 Å². The van der Waals surface area contributed by atoms with Gasteiger partial charge in [0.2, 0.25) is 0 Å². The van der Waals surface area contributed by atoms with Crippen molar-refractivity contribution in [1.82, 2.24) is 15.1 Å². The van der Waals surface area contributed by atoms with Crippen LogP contribution in [0, 0.1) is 0 Å². The van der Waals surface area contributed by atoms with E-state index in [1.807, 2.05) is 7.05 Å². The van der Waals surface area contributed by atoms with Crippen LogP contribution in [-0.2, 0) is 0 Å². The highest BCUT2D eigenvalue weighted by atomic mass is 15.3. The first-order valence-electron chi connectivity index (χ1n) is 5.59. The van der Waals surface area contributed by atoms with Gasteiger partial charge < -0.3 is 15.1 Å². The fraction of sp³-hybridized carbons (Fsp3) is 0.818. The van der Waals surface area contributed by atoms with Gasteiger partial charge in [-0.25, -0.2) is 0 Å². The minimum Gasteiger partial charge on any atom is -0.375 e. The number of hydrogen-bond acceptors (Lipinski definition) is 3. The summed E-state index contributed by atoms with van der Waals surface area (Å²) in [5.41, 5.74) is 0. The molecule has 1 aliphatic rings. The molecule has 0 aromatic heterocycles. The van der Waals surface area contributed by atoms with Crippen molar-refractivity contribution < 1.29 is 0 Å². The quantitative estimate of drug-likeness (QED) is 0.728. The molecule has 1 rings (SSSR count). The molecule has 0 radical (unpaired) electrons. The van der Waals surface area contributed by atoms with Gasteiger partial charge in [0.1, 0.15) is 0 Å². The zero-order valence-electron chi connectivity index (χ0n) is 9.71. The second-order valence-electron chi connectivity index (χ2n) is 3.92. The van der Waals surface area contributed by atoms with Gasteiger partial charge in [0, 0.05) is 33.2 Å². The Balaban J connectivity index is 2.44. The standard InChI is InChI=1S/C11H23N3/c1-4-5-6-11(12-2)14-9-7-13(3)8-10-14/h6,12H,4-5,7-10H2,1-3H3/b11-6-. The van der Waals surface area contributed by atoms with E-state index < -0.39 is 0 Å². The molecule has 0 unspecified atom stereocenters. The lowest BCUT2D eigenvalue weighted by Gasteiger charge is -2.35. The van der Waals surface area contributed by atoms with Gasteiger partial charge in [-0.05, 0) is 19.5 Å². The molecule has 1 saturated heterocycles. The van der Waals surface area contributed by atoms with Crippen molar-refractivity contribution in [3.63, 3.8) is 0 Å². The van der Waals surface area contributed by atoms with Gasteiger partial charge in [-0.15, -0.1) is 0 Å². The van der Waals surface area contributed by atoms with E-state index in [9.17, 15) is 0 Å². The van der Waals surface area contributed by atoms with E-state index in [1.54, 1.807) is 0 Å². The van der Waals surface area contributed by atoms with E-state index in [0.29, 0.717) is 0 Å². The average Bonchev–Trinajstić information content (AvgIpc) is 2.21. The Hall–Kier alpha value is -0.700. The molecule has 82 valence electrons. The number of unbranched alkanes of at least 4 members (excludes halogenated alkanes) is 1. The molecule has 1 N–H and O–H groups in total. The second-order valence-corrected chi connectivity index (χ2v) is 3.92. The normalized spacial score (nSPS) is 19.9. The molecule has 0 spiro atoms. The van der Waals surface area contributed by atoms with Crippen LogP contribution in [0.25, 0.3) is 0 Å². The lowest BCUT2D eigenvalue weighted by molar-refractivity contribution is 0.179. The monoisotopic (exact) mass is 197 g/mol. The van der Waals surface area contributed by atoms with Crippen molar-refractivity contribution >= 4 is 0 Å². The first kappa shape index (κ1) is 11.4. The maximum Gasteiger partial charge on any atom is 0.0969 e. The average molecular weight is 197 g/mol. The summed E-state index contributed by atoms with van der Waals surface area (Å²) in [6.45, 7) is 6.85. The summed E-state index contributed by atoms with van der Waals surface area (Å²) in [5.74, 6) is 1.31. The van der Waals surface area contributed by atoms with E-state index in [2.05, 4.69) is 35.2 Å². The van der Waals surface area contributed by atoms with Crippen LogP contribution in [0.3, 0.4) is 0 Å². The SMILES string of the molecule is CCC/C=C(/NC)N1CCN(C)CC1. The maximum atomic E-state index is 3.29. The molecule has 1 fully saturated rings. The highest BCUT2D eigenvalue weighted by Crippen LogP contribution is 2.07. The number of nitrogens with zero attached hydrogens (tertiary/aromatic N) is 2. The van der Waals surface area contributed by atoms with Crippen LogP contribution in [-0.4, -0.2) is 50.1 Å². The van der Waals surface area contributed by atoms with Gasteiger partial charge in [-0.1, -0.05) is 13.3 Å². The zero-order chi connectivity index (χ0) is 10.4. The molecule has 0 aromatic rings. The molecule has 0 atom stereocenters. The van der Waals surface area contributed by atoms with Crippen LogP contribution in [0.1, 0.15) is 19.8 Å². The number of nitrogens with one attached hydrogen (secondary N) is 1. The van der Waals surface area contributed by atoms with Gasteiger partial charge in [0.15, 0.2) is 0 Å². The smallest absolute Gasteiger partial charge is 0.0969 e. The summed E-state index contributed by atoms with van der Waals surface area (Å²) < 4.78 is 0. The van der Waals surface area contributed by atoms with Crippen molar-refractivity contribution in [1.29, 1.82) is 0 Å². The third kappa shape index (κ3) is 3.22. The van der Waals surface area contributed by atoms with Crippen LogP contribution in [0.15, 0.2) is 11.9 Å². The van der Waals surface area contributed by atoms with Crippen molar-refractivity contribution in [2.24, 2.45) is 0 Å². The molecule has 3 heteroatoms. The summed E-state index contributed by atoms with van der Waals surface area (Å²) in [4.78, 5) is 4.82. The summed E-state index contributed by atoms with van der Waals surface area (Å²) in [7, 11) is 4.20. The molecule has 0 aliphatic carbocycles. The molecule has 14 heavy (non-hydrogen) atoms. The molecular formula is C11H23N3. The second kappa shape index (κ2) is 5.91. The minimum atomic E-state index is 1.15. The number of rotatable bonds is 4. The van der Waals surface area contributed by atoms with Gasteiger partial charge in [0.25, 0.3) is 0 Å². The number of likely N-dealkylation sites (N-methyl/N-ethyl adjacent to an activating group) is 1. The summed E-state index contributed by atoms with van der Waals surface area (Å²) in [6, 6.07) is 0. The summed E-state index contributed by atoms with van der Waals surface area (Å²) in [5, 5.41) is 3.29. The molecule has 0 saturated carbocycles. The van der Waals surface area contributed by atoms with Crippen molar-refractivity contribution in [2.45, 2.75) is 19.8 Å². The Bertz CT molecular complexity index is 181. The fourth-order valence-corrected chi connectivity index (χ4v) is 1.72. The van der Waals surface area contributed by atoms with E-state index in [-0.39, 0.29) is 0 Å². The third-order valence-electron chi connectivity index (χ3n) is 2.73. The zero-order valence-corrected chi connectivity index (χ0v) is 9.71. The summed E-state index contributed by atoms with van der Waals surface area (Å²) >= 11 is 0. The first-order chi connectivity index (χ1) is 6.77. The fourth-order valence-electron chi connectivity index (χ4n) is 1.72. The van der Waals surface area contributed by atoms with Crippen LogP contribution < -0.4 is 5.32 Å². The Labute approximate surface area is 87.8 Å². The van der Waals surface area contributed by atoms with E-state index >= 15 is 0 Å². The van der Waals surface area contributed by atoms with Crippen LogP contribution in [0.2, 0.25) is 0 Å². The maximum absolute atomic E-state index is 3.29. The first-order valence-corrected chi connectivity index (χ1v) is 5.59. The van der Waals surface area contributed by atoms with Crippen LogP contribution >= 0.6 is 0 Å². The molecule has 1 heterocycles. The van der Waals surface area contributed by atoms with Crippen molar-refractivity contribution in [3.8, 4) is 0 Å². The summed E-state index contributed by atoms with van der Waals surface area (Å²) in [6.07, 6.45) is 4.70. The lowest BCUT2D eigenvalue weighted by atomic mass is 10.3. The van der Waals surface area contributed by atoms with Crippen molar-refractivity contribution in [2.75, 3.05) is 40.3 Å². The highest BCUT2D eigenvalue weighted by molar-refractivity contribution is 4.99. The number of hydrogen-bond donors (Lipinski definition) is 1. The van der Waals surface area contributed by atoms with Gasteiger partial charge in [-0.2, -0.15) is 0 Å². The topological polar surface area (TPSA) is 18.5 Å². The molecule has 0 aromatic carbocycles. The Morgan fingerprint density at radius 1 is 1.29 bits per heavy atom. The number of allylic oxidation sites excluding steroid dienone is 1. The Morgan fingerprint density at radius 2 is 1.93 bits per heavy atom. The predicted octanol–water partition coefficient (Wildman–Crippen LogP) is 1.09. The molecule has 3 nitrogen and oxygen atoms in total. The lowest BCUT2D eigenvalue weighted by Crippen LogP contribution is -2.45. The molecular weight excluding hydrogens is 174 g/mol. The van der Waals surface area contributed by atoms with Crippen molar-refractivity contribution in [3.05, 3.63) is 11.9 Å². The Morgan fingerprint density at radius 3 is 2.43 bits per heavy atom. The van der Waals surface area contributed by atoms with E-state index in [0.717, 1.165) is 13.1 Å². The highest BCUT2D eigenvalue weighted by Gasteiger charge is 2.14. The third-order valence-corrected chi connectivity index (χ3v) is 2.73. The number of piperazine rings is 1. The molecule has 1 aliphatic heterocycles. The molecule has 0 bridgehead atoms. The van der Waals surface area contributed by atoms with Crippen LogP contribution in [0.5, 0.6) is 0 Å². The van der Waals surface area contributed by atoms with E-state index in [1.165, 1.54) is 31.8 Å². The van der Waals surface area contributed by atoms with Crippen LogP contribution in [0.4, 0.5) is 0 Å². The van der Waals surface area contributed by atoms with Gasteiger partial charge >= 0.3 is 0 Å². The molecule has 0 amide bonds. The minimum absolute atomic E-state index is 1.15. The Kier molecular flexibility index (Phi) is 4.80. The van der Waals surface area contributed by atoms with Gasteiger partial charge in [0.05, 0.1) is 5.82 Å². The predicted molar refractivity (Wildman–Crippen MR) is 61.1 cm³/mol. The van der Waals surface area contributed by atoms with E-state index in [4.69, 9.17) is 0 Å². The largest absolute Gasteiger partial charge is 0.375 e.